The fourth-order valence-corrected chi connectivity index (χ4v) is 4.17. The highest BCUT2D eigenvalue weighted by atomic mass is 32.2. The summed E-state index contributed by atoms with van der Waals surface area (Å²) in [5.74, 6) is -0.146. The van der Waals surface area contributed by atoms with E-state index in [1.807, 2.05) is 49.4 Å². The Morgan fingerprint density at radius 3 is 2.19 bits per heavy atom. The second-order valence-corrected chi connectivity index (χ2v) is 9.27. The molecule has 0 saturated carbocycles. The highest BCUT2D eigenvalue weighted by Crippen LogP contribution is 2.26. The number of amides is 1. The van der Waals surface area contributed by atoms with E-state index in [0.717, 1.165) is 12.8 Å². The summed E-state index contributed by atoms with van der Waals surface area (Å²) in [5, 5.41) is 5.75. The summed E-state index contributed by atoms with van der Waals surface area (Å²) in [4.78, 5) is 34.0. The maximum atomic E-state index is 12.9. The molecule has 0 aliphatic heterocycles. The zero-order valence-electron chi connectivity index (χ0n) is 20.3. The first kappa shape index (κ1) is 25.8. The molecule has 1 atom stereocenters. The van der Waals surface area contributed by atoms with Crippen LogP contribution in [0.5, 0.6) is 0 Å². The fourth-order valence-electron chi connectivity index (χ4n) is 3.33. The lowest BCUT2D eigenvalue weighted by molar-refractivity contribution is -0.142. The number of nitrogens with zero attached hydrogens (tertiary/aromatic N) is 2. The number of carbonyl (C=O) groups is 2. The lowest BCUT2D eigenvalue weighted by Gasteiger charge is -2.13. The van der Waals surface area contributed by atoms with E-state index in [9.17, 15) is 13.8 Å². The Bertz CT molecular complexity index is 1400. The maximum Gasteiger partial charge on any atom is 0.325 e. The molecule has 0 saturated heterocycles. The summed E-state index contributed by atoms with van der Waals surface area (Å²) in [5.41, 5.74) is 2.36. The van der Waals surface area contributed by atoms with E-state index in [1.54, 1.807) is 36.4 Å². The zero-order chi connectivity index (χ0) is 26.0. The van der Waals surface area contributed by atoms with Crippen LogP contribution in [0.1, 0.15) is 30.1 Å². The number of carbonyl (C=O) groups excluding carboxylic acids is 2. The number of hydrogen-bond donors (Lipinski definition) is 3. The Balaban J connectivity index is 1.47. The molecule has 1 aromatic heterocycles. The van der Waals surface area contributed by atoms with Crippen molar-refractivity contribution in [2.75, 3.05) is 23.2 Å². The molecule has 190 valence electrons. The van der Waals surface area contributed by atoms with E-state index in [2.05, 4.69) is 25.3 Å². The number of aromatic nitrogens is 2. The topological polar surface area (TPSA) is 122 Å². The maximum absolute atomic E-state index is 12.9. The summed E-state index contributed by atoms with van der Waals surface area (Å²) in [7, 11) is -1.55. The summed E-state index contributed by atoms with van der Waals surface area (Å²) < 4.78 is 20.9. The lowest BCUT2D eigenvalue weighted by Crippen LogP contribution is -2.30. The number of rotatable bonds is 11. The third-order valence-corrected chi connectivity index (χ3v) is 6.36. The van der Waals surface area contributed by atoms with Crippen molar-refractivity contribution < 1.29 is 18.5 Å². The zero-order valence-corrected chi connectivity index (χ0v) is 21.1. The molecule has 37 heavy (non-hydrogen) atoms. The first-order valence-electron chi connectivity index (χ1n) is 11.8. The summed E-state index contributed by atoms with van der Waals surface area (Å²) in [6.45, 7) is 2.16. The number of fused-ring (bicyclic) bond motifs is 1. The molecule has 1 heterocycles. The van der Waals surface area contributed by atoms with Gasteiger partial charge in [-0.25, -0.2) is 14.2 Å². The lowest BCUT2D eigenvalue weighted by atomic mass is 10.2. The molecule has 3 N–H and O–H groups in total. The van der Waals surface area contributed by atoms with Gasteiger partial charge in [-0.05, 0) is 55.0 Å². The molecule has 4 aromatic rings. The number of hydrogen-bond acceptors (Lipinski definition) is 7. The van der Waals surface area contributed by atoms with Crippen LogP contribution in [0.4, 0.5) is 17.3 Å². The molecule has 4 rings (SSSR count). The van der Waals surface area contributed by atoms with Crippen LogP contribution in [-0.4, -0.2) is 39.2 Å². The standard InChI is InChI=1S/C27H27N5O4S/c1-2-3-17-36-24(33)18-28-27(34)19-13-15-20(16-14-19)29-25-26(31-23-12-8-7-11-22(23)30-25)32-37(35)21-9-5-4-6-10-21/h4-16H,2-3,17-18H2,1H3,(H,28,34)(H,29,30)(H,31,32). The highest BCUT2D eigenvalue weighted by Gasteiger charge is 2.14. The number of para-hydroxylation sites is 2. The molecule has 3 aromatic carbocycles. The number of nitrogens with one attached hydrogen (secondary N) is 3. The van der Waals surface area contributed by atoms with Gasteiger partial charge in [0.2, 0.25) is 0 Å². The van der Waals surface area contributed by atoms with Crippen molar-refractivity contribution >= 4 is 51.2 Å². The van der Waals surface area contributed by atoms with Gasteiger partial charge in [0.05, 0.1) is 22.5 Å². The van der Waals surface area contributed by atoms with Crippen molar-refractivity contribution in [1.29, 1.82) is 0 Å². The smallest absolute Gasteiger partial charge is 0.325 e. The molecule has 0 aliphatic rings. The van der Waals surface area contributed by atoms with Gasteiger partial charge < -0.3 is 15.4 Å². The van der Waals surface area contributed by atoms with Gasteiger partial charge in [-0.15, -0.1) is 0 Å². The molecule has 9 nitrogen and oxygen atoms in total. The van der Waals surface area contributed by atoms with Gasteiger partial charge in [-0.3, -0.25) is 14.3 Å². The van der Waals surface area contributed by atoms with Crippen molar-refractivity contribution in [2.24, 2.45) is 0 Å². The van der Waals surface area contributed by atoms with E-state index < -0.39 is 17.0 Å². The van der Waals surface area contributed by atoms with Crippen LogP contribution in [0.2, 0.25) is 0 Å². The van der Waals surface area contributed by atoms with Crippen LogP contribution in [0.25, 0.3) is 11.0 Å². The number of anilines is 3. The Hall–Kier alpha value is -4.31. The summed E-state index contributed by atoms with van der Waals surface area (Å²) in [6.07, 6.45) is 1.71. The quantitative estimate of drug-likeness (QED) is 0.197. The Labute approximate surface area is 217 Å². The molecule has 1 amide bonds. The van der Waals surface area contributed by atoms with Gasteiger partial charge in [0.15, 0.2) is 22.6 Å². The Morgan fingerprint density at radius 2 is 1.51 bits per heavy atom. The van der Waals surface area contributed by atoms with E-state index in [4.69, 9.17) is 4.74 Å². The van der Waals surface area contributed by atoms with Crippen molar-refractivity contribution in [3.05, 3.63) is 84.4 Å². The SMILES string of the molecule is CCCCOC(=O)CNC(=O)c1ccc(Nc2nc3ccccc3nc2NS(=O)c2ccccc2)cc1. The number of unbranched alkanes of at least 4 members (excludes halogenated alkanes) is 1. The molecular formula is C27H27N5O4S. The molecule has 0 aliphatic carbocycles. The van der Waals surface area contributed by atoms with Gasteiger partial charge in [-0.2, -0.15) is 0 Å². The molecular weight excluding hydrogens is 490 g/mol. The molecule has 10 heteroatoms. The minimum atomic E-state index is -1.55. The van der Waals surface area contributed by atoms with Gasteiger partial charge in [0.25, 0.3) is 5.91 Å². The molecule has 0 bridgehead atoms. The second-order valence-electron chi connectivity index (χ2n) is 8.05. The minimum absolute atomic E-state index is 0.192. The van der Waals surface area contributed by atoms with Crippen LogP contribution >= 0.6 is 0 Å². The van der Waals surface area contributed by atoms with Gasteiger partial charge in [0, 0.05) is 11.3 Å². The van der Waals surface area contributed by atoms with E-state index >= 15 is 0 Å². The van der Waals surface area contributed by atoms with Gasteiger partial charge in [0.1, 0.15) is 6.54 Å². The summed E-state index contributed by atoms with van der Waals surface area (Å²) in [6, 6.07) is 23.1. The van der Waals surface area contributed by atoms with Crippen molar-refractivity contribution in [2.45, 2.75) is 24.7 Å². The van der Waals surface area contributed by atoms with Crippen LogP contribution < -0.4 is 15.4 Å². The first-order valence-corrected chi connectivity index (χ1v) is 13.0. The average Bonchev–Trinajstić information content (AvgIpc) is 2.93. The van der Waals surface area contributed by atoms with Crippen LogP contribution in [0, 0.1) is 0 Å². The van der Waals surface area contributed by atoms with E-state index in [1.165, 1.54) is 0 Å². The van der Waals surface area contributed by atoms with Crippen LogP contribution in [0.3, 0.4) is 0 Å². The van der Waals surface area contributed by atoms with Crippen LogP contribution in [-0.2, 0) is 20.5 Å². The predicted molar refractivity (Wildman–Crippen MR) is 144 cm³/mol. The number of ether oxygens (including phenoxy) is 1. The minimum Gasteiger partial charge on any atom is -0.464 e. The molecule has 0 spiro atoms. The molecule has 0 radical (unpaired) electrons. The average molecular weight is 518 g/mol. The second kappa shape index (κ2) is 12.6. The molecule has 1 unspecified atom stereocenters. The number of esters is 1. The fraction of sp³-hybridized carbons (Fsp3) is 0.185. The monoisotopic (exact) mass is 517 g/mol. The van der Waals surface area contributed by atoms with Crippen LogP contribution in [0.15, 0.2) is 83.8 Å². The van der Waals surface area contributed by atoms with Crippen molar-refractivity contribution in [1.82, 2.24) is 15.3 Å². The highest BCUT2D eigenvalue weighted by molar-refractivity contribution is 7.86. The van der Waals surface area contributed by atoms with Gasteiger partial charge in [-0.1, -0.05) is 43.7 Å². The third kappa shape index (κ3) is 7.11. The largest absolute Gasteiger partial charge is 0.464 e. The van der Waals surface area contributed by atoms with Gasteiger partial charge >= 0.3 is 5.97 Å². The molecule has 0 fully saturated rings. The van der Waals surface area contributed by atoms with E-state index in [-0.39, 0.29) is 12.5 Å². The number of benzene rings is 3. The Morgan fingerprint density at radius 1 is 0.865 bits per heavy atom. The first-order chi connectivity index (χ1) is 18.0. The third-order valence-electron chi connectivity index (χ3n) is 5.28. The predicted octanol–water partition coefficient (Wildman–Crippen LogP) is 4.58. The normalized spacial score (nSPS) is 11.5. The summed E-state index contributed by atoms with van der Waals surface area (Å²) >= 11 is 0. The van der Waals surface area contributed by atoms with E-state index in [0.29, 0.717) is 45.4 Å². The Kier molecular flexibility index (Phi) is 8.77. The van der Waals surface area contributed by atoms with Crippen molar-refractivity contribution in [3.8, 4) is 0 Å². The van der Waals surface area contributed by atoms with Crippen molar-refractivity contribution in [3.63, 3.8) is 0 Å².